The van der Waals surface area contributed by atoms with Crippen molar-refractivity contribution in [3.8, 4) is 0 Å². The number of rotatable bonds is 6. The van der Waals surface area contributed by atoms with Crippen LogP contribution in [0.25, 0.3) is 6.08 Å². The first-order chi connectivity index (χ1) is 10.6. The minimum Gasteiger partial charge on any atom is -0.478 e. The predicted octanol–water partition coefficient (Wildman–Crippen LogP) is 2.15. The van der Waals surface area contributed by atoms with Gasteiger partial charge in [0.1, 0.15) is 0 Å². The number of pyridine rings is 1. The van der Waals surface area contributed by atoms with Crippen LogP contribution in [0.2, 0.25) is 0 Å². The van der Waals surface area contributed by atoms with Gasteiger partial charge in [0.25, 0.3) is 0 Å². The van der Waals surface area contributed by atoms with Crippen molar-refractivity contribution >= 4 is 18.0 Å². The number of nitrogens with one attached hydrogen (secondary N) is 1. The van der Waals surface area contributed by atoms with Crippen molar-refractivity contribution in [2.45, 2.75) is 6.42 Å². The van der Waals surface area contributed by atoms with Gasteiger partial charge in [0, 0.05) is 25.0 Å². The smallest absolute Gasteiger partial charge is 0.335 e. The molecule has 0 spiro atoms. The fraction of sp³-hybridized carbons (Fsp3) is 0.118. The molecule has 2 aromatic rings. The lowest BCUT2D eigenvalue weighted by Crippen LogP contribution is -2.23. The fourth-order valence-corrected chi connectivity index (χ4v) is 1.90. The maximum Gasteiger partial charge on any atom is 0.335 e. The highest BCUT2D eigenvalue weighted by molar-refractivity contribution is 5.91. The monoisotopic (exact) mass is 296 g/mol. The van der Waals surface area contributed by atoms with Crippen molar-refractivity contribution in [3.05, 3.63) is 71.6 Å². The first-order valence-electron chi connectivity index (χ1n) is 6.83. The van der Waals surface area contributed by atoms with Crippen molar-refractivity contribution in [1.82, 2.24) is 10.3 Å². The number of nitrogens with zero attached hydrogens (tertiary/aromatic N) is 1. The summed E-state index contributed by atoms with van der Waals surface area (Å²) in [6.07, 6.45) is 7.07. The summed E-state index contributed by atoms with van der Waals surface area (Å²) in [4.78, 5) is 26.4. The second kappa shape index (κ2) is 7.73. The van der Waals surface area contributed by atoms with E-state index in [0.717, 1.165) is 11.1 Å². The third kappa shape index (κ3) is 4.86. The number of benzene rings is 1. The molecule has 1 aromatic carbocycles. The Morgan fingerprint density at radius 3 is 2.68 bits per heavy atom. The molecule has 0 aliphatic rings. The molecule has 5 heteroatoms. The number of carbonyl (C=O) groups excluding carboxylic acids is 1. The molecule has 2 rings (SSSR count). The summed E-state index contributed by atoms with van der Waals surface area (Å²) in [5.41, 5.74) is 2.03. The van der Waals surface area contributed by atoms with Crippen LogP contribution >= 0.6 is 0 Å². The quantitative estimate of drug-likeness (QED) is 0.801. The molecule has 2 N–H and O–H groups in total. The van der Waals surface area contributed by atoms with Gasteiger partial charge in [0.2, 0.25) is 5.91 Å². The Balaban J connectivity index is 1.81. The third-order valence-electron chi connectivity index (χ3n) is 3.02. The van der Waals surface area contributed by atoms with E-state index in [1.807, 2.05) is 6.07 Å². The van der Waals surface area contributed by atoms with Crippen molar-refractivity contribution in [2.75, 3.05) is 6.54 Å². The zero-order chi connectivity index (χ0) is 15.8. The average Bonchev–Trinajstić information content (AvgIpc) is 2.54. The van der Waals surface area contributed by atoms with E-state index >= 15 is 0 Å². The standard InChI is InChI=1S/C17H16N2O3/c20-16(5-4-13-6-9-18-10-7-13)19-11-8-14-2-1-3-15(12-14)17(21)22/h1-7,9-10,12H,8,11H2,(H,19,20)(H,21,22)/b5-4+. The van der Waals surface area contributed by atoms with E-state index in [-0.39, 0.29) is 11.5 Å². The Kier molecular flexibility index (Phi) is 5.43. The lowest BCUT2D eigenvalue weighted by molar-refractivity contribution is -0.116. The second-order valence-electron chi connectivity index (χ2n) is 4.66. The van der Waals surface area contributed by atoms with Gasteiger partial charge in [0.15, 0.2) is 0 Å². The van der Waals surface area contributed by atoms with Crippen LogP contribution in [0, 0.1) is 0 Å². The van der Waals surface area contributed by atoms with E-state index in [4.69, 9.17) is 5.11 Å². The van der Waals surface area contributed by atoms with Crippen molar-refractivity contribution in [2.24, 2.45) is 0 Å². The largest absolute Gasteiger partial charge is 0.478 e. The molecular formula is C17H16N2O3. The summed E-state index contributed by atoms with van der Waals surface area (Å²) in [5.74, 6) is -1.14. The number of carbonyl (C=O) groups is 2. The lowest BCUT2D eigenvalue weighted by atomic mass is 10.1. The molecule has 1 amide bonds. The Hall–Kier alpha value is -2.95. The highest BCUT2D eigenvalue weighted by atomic mass is 16.4. The van der Waals surface area contributed by atoms with Gasteiger partial charge in [0.05, 0.1) is 5.56 Å². The number of hydrogen-bond acceptors (Lipinski definition) is 3. The molecule has 22 heavy (non-hydrogen) atoms. The predicted molar refractivity (Wildman–Crippen MR) is 83.4 cm³/mol. The van der Waals surface area contributed by atoms with Gasteiger partial charge in [-0.2, -0.15) is 0 Å². The minimum atomic E-state index is -0.953. The molecule has 1 heterocycles. The molecule has 0 saturated heterocycles. The van der Waals surface area contributed by atoms with Crippen LogP contribution in [-0.4, -0.2) is 28.5 Å². The fourth-order valence-electron chi connectivity index (χ4n) is 1.90. The number of aromatic carboxylic acids is 1. The van der Waals surface area contributed by atoms with Crippen LogP contribution in [0.15, 0.2) is 54.9 Å². The van der Waals surface area contributed by atoms with Crippen LogP contribution in [0.1, 0.15) is 21.5 Å². The molecule has 112 valence electrons. The van der Waals surface area contributed by atoms with Gasteiger partial charge in [-0.25, -0.2) is 4.79 Å². The molecule has 0 radical (unpaired) electrons. The Bertz CT molecular complexity index is 681. The van der Waals surface area contributed by atoms with E-state index < -0.39 is 5.97 Å². The molecule has 0 fully saturated rings. The first kappa shape index (κ1) is 15.4. The zero-order valence-electron chi connectivity index (χ0n) is 11.9. The second-order valence-corrected chi connectivity index (χ2v) is 4.66. The number of carboxylic acids is 1. The minimum absolute atomic E-state index is 0.189. The summed E-state index contributed by atoms with van der Waals surface area (Å²) in [5, 5.41) is 11.7. The first-order valence-corrected chi connectivity index (χ1v) is 6.83. The third-order valence-corrected chi connectivity index (χ3v) is 3.02. The number of aromatic nitrogens is 1. The Labute approximate surface area is 128 Å². The van der Waals surface area contributed by atoms with Gasteiger partial charge in [-0.1, -0.05) is 12.1 Å². The Morgan fingerprint density at radius 1 is 1.18 bits per heavy atom. The SMILES string of the molecule is O=C(/C=C/c1ccncc1)NCCc1cccc(C(=O)O)c1. The summed E-state index contributed by atoms with van der Waals surface area (Å²) in [6, 6.07) is 10.3. The molecular weight excluding hydrogens is 280 g/mol. The van der Waals surface area contributed by atoms with Crippen molar-refractivity contribution in [1.29, 1.82) is 0 Å². The van der Waals surface area contributed by atoms with Gasteiger partial charge in [-0.15, -0.1) is 0 Å². The molecule has 1 aromatic heterocycles. The van der Waals surface area contributed by atoms with Crippen molar-refractivity contribution < 1.29 is 14.7 Å². The number of amides is 1. The van der Waals surface area contributed by atoms with E-state index in [2.05, 4.69) is 10.3 Å². The molecule has 0 aliphatic heterocycles. The highest BCUT2D eigenvalue weighted by Gasteiger charge is 2.03. The molecule has 0 aliphatic carbocycles. The summed E-state index contributed by atoms with van der Waals surface area (Å²) < 4.78 is 0. The zero-order valence-corrected chi connectivity index (χ0v) is 11.9. The average molecular weight is 296 g/mol. The molecule has 0 atom stereocenters. The summed E-state index contributed by atoms with van der Waals surface area (Å²) >= 11 is 0. The van der Waals surface area contributed by atoms with Crippen LogP contribution in [-0.2, 0) is 11.2 Å². The highest BCUT2D eigenvalue weighted by Crippen LogP contribution is 2.05. The topological polar surface area (TPSA) is 79.3 Å². The van der Waals surface area contributed by atoms with Gasteiger partial charge in [-0.3, -0.25) is 9.78 Å². The molecule has 0 bridgehead atoms. The van der Waals surface area contributed by atoms with E-state index in [1.54, 1.807) is 48.8 Å². The van der Waals surface area contributed by atoms with Gasteiger partial charge < -0.3 is 10.4 Å². The normalized spacial score (nSPS) is 10.5. The van der Waals surface area contributed by atoms with E-state index in [1.165, 1.54) is 6.08 Å². The summed E-state index contributed by atoms with van der Waals surface area (Å²) in [7, 11) is 0. The maximum atomic E-state index is 11.7. The van der Waals surface area contributed by atoms with Crippen LogP contribution in [0.4, 0.5) is 0 Å². The van der Waals surface area contributed by atoms with E-state index in [9.17, 15) is 9.59 Å². The summed E-state index contributed by atoms with van der Waals surface area (Å²) in [6.45, 7) is 0.447. The van der Waals surface area contributed by atoms with E-state index in [0.29, 0.717) is 13.0 Å². The molecule has 5 nitrogen and oxygen atoms in total. The van der Waals surface area contributed by atoms with Crippen molar-refractivity contribution in [3.63, 3.8) is 0 Å². The van der Waals surface area contributed by atoms with Gasteiger partial charge >= 0.3 is 5.97 Å². The van der Waals surface area contributed by atoms with Crippen LogP contribution in [0.3, 0.4) is 0 Å². The van der Waals surface area contributed by atoms with Gasteiger partial charge in [-0.05, 0) is 47.9 Å². The van der Waals surface area contributed by atoms with Crippen LogP contribution in [0.5, 0.6) is 0 Å². The Morgan fingerprint density at radius 2 is 1.95 bits per heavy atom. The van der Waals surface area contributed by atoms with Crippen LogP contribution < -0.4 is 5.32 Å². The lowest BCUT2D eigenvalue weighted by Gasteiger charge is -2.04. The molecule has 0 saturated carbocycles. The number of carboxylic acid groups (broad SMARTS) is 1. The molecule has 0 unspecified atom stereocenters. The maximum absolute atomic E-state index is 11.7. The number of hydrogen-bond donors (Lipinski definition) is 2.